The Balaban J connectivity index is 1.72. The zero-order chi connectivity index (χ0) is 12.4. The lowest BCUT2D eigenvalue weighted by molar-refractivity contribution is -0.124. The number of carbonyl (C=O) groups is 1. The second kappa shape index (κ2) is 4.61. The molecular weight excluding hydrogens is 236 g/mol. The van der Waals surface area contributed by atoms with E-state index in [0.29, 0.717) is 24.7 Å². The topological polar surface area (TPSA) is 93.2 Å². The van der Waals surface area contributed by atoms with Gasteiger partial charge in [-0.25, -0.2) is 0 Å². The lowest BCUT2D eigenvalue weighted by Crippen LogP contribution is -2.53. The summed E-state index contributed by atoms with van der Waals surface area (Å²) in [7, 11) is 0. The number of nitrogens with zero attached hydrogens (tertiary/aromatic N) is 2. The molecule has 1 aliphatic rings. The predicted molar refractivity (Wildman–Crippen MR) is 60.5 cm³/mol. The SMILES string of the molecule is O=C1NCCNC1Cc1nc(-c2ccoc2)no1. The van der Waals surface area contributed by atoms with Crippen molar-refractivity contribution in [2.75, 3.05) is 13.1 Å². The van der Waals surface area contributed by atoms with Gasteiger partial charge in [-0.15, -0.1) is 0 Å². The molecule has 1 saturated heterocycles. The van der Waals surface area contributed by atoms with E-state index in [1.807, 2.05) is 0 Å². The van der Waals surface area contributed by atoms with Crippen LogP contribution in [0.15, 0.2) is 27.5 Å². The summed E-state index contributed by atoms with van der Waals surface area (Å²) < 4.78 is 10.1. The van der Waals surface area contributed by atoms with Crippen LogP contribution in [-0.4, -0.2) is 35.2 Å². The molecule has 0 aliphatic carbocycles. The van der Waals surface area contributed by atoms with Gasteiger partial charge in [0.25, 0.3) is 0 Å². The molecule has 0 radical (unpaired) electrons. The maximum Gasteiger partial charge on any atom is 0.237 e. The van der Waals surface area contributed by atoms with Gasteiger partial charge in [-0.2, -0.15) is 4.98 Å². The van der Waals surface area contributed by atoms with Crippen LogP contribution in [0, 0.1) is 0 Å². The lowest BCUT2D eigenvalue weighted by Gasteiger charge is -2.21. The summed E-state index contributed by atoms with van der Waals surface area (Å²) in [4.78, 5) is 15.8. The zero-order valence-electron chi connectivity index (χ0n) is 9.55. The van der Waals surface area contributed by atoms with Crippen LogP contribution in [0.25, 0.3) is 11.4 Å². The highest BCUT2D eigenvalue weighted by Crippen LogP contribution is 2.16. The number of aromatic nitrogens is 2. The van der Waals surface area contributed by atoms with Crippen LogP contribution >= 0.6 is 0 Å². The maximum absolute atomic E-state index is 11.6. The fraction of sp³-hybridized carbons (Fsp3) is 0.364. The van der Waals surface area contributed by atoms with Crippen LogP contribution in [0.3, 0.4) is 0 Å². The Morgan fingerprint density at radius 2 is 2.39 bits per heavy atom. The Morgan fingerprint density at radius 1 is 1.44 bits per heavy atom. The number of nitrogens with one attached hydrogen (secondary N) is 2. The zero-order valence-corrected chi connectivity index (χ0v) is 9.55. The molecule has 0 aromatic carbocycles. The Hall–Kier alpha value is -2.15. The fourth-order valence-corrected chi connectivity index (χ4v) is 1.83. The number of piperazine rings is 1. The van der Waals surface area contributed by atoms with Gasteiger partial charge in [-0.3, -0.25) is 4.79 Å². The summed E-state index contributed by atoms with van der Waals surface area (Å²) in [5, 5.41) is 9.73. The van der Waals surface area contributed by atoms with Crippen molar-refractivity contribution in [3.05, 3.63) is 24.5 Å². The van der Waals surface area contributed by atoms with E-state index in [2.05, 4.69) is 20.8 Å². The van der Waals surface area contributed by atoms with Gasteiger partial charge in [-0.1, -0.05) is 5.16 Å². The van der Waals surface area contributed by atoms with Crippen LogP contribution in [0.1, 0.15) is 5.89 Å². The van der Waals surface area contributed by atoms with Gasteiger partial charge in [0.2, 0.25) is 17.6 Å². The first-order valence-corrected chi connectivity index (χ1v) is 5.69. The summed E-state index contributed by atoms with van der Waals surface area (Å²) >= 11 is 0. The number of carbonyl (C=O) groups excluding carboxylic acids is 1. The highest BCUT2D eigenvalue weighted by Gasteiger charge is 2.24. The standard InChI is InChI=1S/C11H12N4O3/c16-11-8(12-2-3-13-11)5-9-14-10(15-18-9)7-1-4-17-6-7/h1,4,6,8,12H,2-3,5H2,(H,13,16). The molecule has 2 aromatic heterocycles. The molecule has 0 bridgehead atoms. The minimum atomic E-state index is -0.309. The maximum atomic E-state index is 11.6. The fourth-order valence-electron chi connectivity index (χ4n) is 1.83. The van der Waals surface area contributed by atoms with Gasteiger partial charge in [-0.05, 0) is 6.07 Å². The quantitative estimate of drug-likeness (QED) is 0.791. The Morgan fingerprint density at radius 3 is 3.17 bits per heavy atom. The third-order valence-electron chi connectivity index (χ3n) is 2.76. The van der Waals surface area contributed by atoms with Gasteiger partial charge in [0, 0.05) is 13.1 Å². The predicted octanol–water partition coefficient (Wildman–Crippen LogP) is -0.0399. The average Bonchev–Trinajstić information content (AvgIpc) is 3.02. The van der Waals surface area contributed by atoms with E-state index in [1.165, 1.54) is 0 Å². The number of hydrogen-bond acceptors (Lipinski definition) is 6. The Labute approximate surface area is 103 Å². The van der Waals surface area contributed by atoms with Crippen LogP contribution in [0.4, 0.5) is 0 Å². The molecule has 2 N–H and O–H groups in total. The first-order chi connectivity index (χ1) is 8.83. The van der Waals surface area contributed by atoms with Gasteiger partial charge in [0.15, 0.2) is 0 Å². The average molecular weight is 248 g/mol. The molecule has 0 spiro atoms. The molecule has 2 aromatic rings. The van der Waals surface area contributed by atoms with Crippen molar-refractivity contribution in [3.8, 4) is 11.4 Å². The van der Waals surface area contributed by atoms with Crippen molar-refractivity contribution in [3.63, 3.8) is 0 Å². The molecule has 7 heteroatoms. The highest BCUT2D eigenvalue weighted by molar-refractivity contribution is 5.82. The van der Waals surface area contributed by atoms with E-state index in [0.717, 1.165) is 12.1 Å². The van der Waals surface area contributed by atoms with Crippen LogP contribution in [0.2, 0.25) is 0 Å². The third kappa shape index (κ3) is 2.12. The minimum absolute atomic E-state index is 0.0377. The monoisotopic (exact) mass is 248 g/mol. The molecule has 7 nitrogen and oxygen atoms in total. The number of hydrogen-bond donors (Lipinski definition) is 2. The van der Waals surface area contributed by atoms with Gasteiger partial charge in [0.05, 0.1) is 24.3 Å². The van der Waals surface area contributed by atoms with Crippen molar-refractivity contribution < 1.29 is 13.7 Å². The Kier molecular flexibility index (Phi) is 2.81. The van der Waals surface area contributed by atoms with E-state index in [9.17, 15) is 4.79 Å². The van der Waals surface area contributed by atoms with Gasteiger partial charge in [0.1, 0.15) is 6.26 Å². The second-order valence-electron chi connectivity index (χ2n) is 4.03. The van der Waals surface area contributed by atoms with E-state index < -0.39 is 0 Å². The summed E-state index contributed by atoms with van der Waals surface area (Å²) in [6.45, 7) is 1.40. The van der Waals surface area contributed by atoms with Crippen molar-refractivity contribution in [1.29, 1.82) is 0 Å². The van der Waals surface area contributed by atoms with Crippen LogP contribution in [-0.2, 0) is 11.2 Å². The lowest BCUT2D eigenvalue weighted by atomic mass is 10.1. The minimum Gasteiger partial charge on any atom is -0.472 e. The van der Waals surface area contributed by atoms with Crippen LogP contribution in [0.5, 0.6) is 0 Å². The molecule has 1 amide bonds. The van der Waals surface area contributed by atoms with E-state index >= 15 is 0 Å². The molecule has 1 aliphatic heterocycles. The normalized spacial score (nSPS) is 19.8. The third-order valence-corrected chi connectivity index (χ3v) is 2.76. The summed E-state index contributed by atoms with van der Waals surface area (Å²) in [6, 6.07) is 1.44. The van der Waals surface area contributed by atoms with Crippen molar-refractivity contribution in [2.24, 2.45) is 0 Å². The van der Waals surface area contributed by atoms with E-state index in [1.54, 1.807) is 18.6 Å². The van der Waals surface area contributed by atoms with Crippen molar-refractivity contribution in [2.45, 2.75) is 12.5 Å². The molecule has 18 heavy (non-hydrogen) atoms. The van der Waals surface area contributed by atoms with E-state index in [4.69, 9.17) is 8.94 Å². The molecule has 1 atom stereocenters. The molecule has 1 fully saturated rings. The van der Waals surface area contributed by atoms with Gasteiger partial charge >= 0.3 is 0 Å². The van der Waals surface area contributed by atoms with Gasteiger partial charge < -0.3 is 19.6 Å². The largest absolute Gasteiger partial charge is 0.472 e. The second-order valence-corrected chi connectivity index (χ2v) is 4.03. The van der Waals surface area contributed by atoms with Crippen molar-refractivity contribution >= 4 is 5.91 Å². The molecule has 1 unspecified atom stereocenters. The number of amides is 1. The summed E-state index contributed by atoms with van der Waals surface area (Å²) in [5.41, 5.74) is 0.756. The molecule has 0 saturated carbocycles. The smallest absolute Gasteiger partial charge is 0.237 e. The van der Waals surface area contributed by atoms with Crippen molar-refractivity contribution in [1.82, 2.24) is 20.8 Å². The highest BCUT2D eigenvalue weighted by atomic mass is 16.5. The number of furan rings is 1. The molecule has 94 valence electrons. The molecule has 3 heterocycles. The van der Waals surface area contributed by atoms with E-state index in [-0.39, 0.29) is 11.9 Å². The number of rotatable bonds is 3. The first kappa shape index (κ1) is 11.0. The first-order valence-electron chi connectivity index (χ1n) is 5.69. The Bertz CT molecular complexity index is 534. The van der Waals surface area contributed by atoms with Crippen LogP contribution < -0.4 is 10.6 Å². The summed E-state index contributed by atoms with van der Waals surface area (Å²) in [6.07, 6.45) is 3.47. The molecule has 3 rings (SSSR count). The molecular formula is C11H12N4O3. The summed E-state index contributed by atoms with van der Waals surface area (Å²) in [5.74, 6) is 0.861.